The molecule has 0 radical (unpaired) electrons. The van der Waals surface area contributed by atoms with Crippen molar-refractivity contribution in [2.75, 3.05) is 18.1 Å². The zero-order chi connectivity index (χ0) is 44.0. The smallest absolute Gasteiger partial charge is 0.435 e. The van der Waals surface area contributed by atoms with Gasteiger partial charge in [-0.15, -0.1) is 0 Å². The van der Waals surface area contributed by atoms with E-state index in [2.05, 4.69) is 5.32 Å². The van der Waals surface area contributed by atoms with E-state index in [1.54, 1.807) is 59.7 Å². The number of benzene rings is 3. The lowest BCUT2D eigenvalue weighted by Gasteiger charge is -2.31. The van der Waals surface area contributed by atoms with Gasteiger partial charge in [-0.05, 0) is 96.3 Å². The van der Waals surface area contributed by atoms with Crippen LogP contribution in [0.5, 0.6) is 0 Å². The van der Waals surface area contributed by atoms with Gasteiger partial charge in [-0.1, -0.05) is 42.5 Å². The Balaban J connectivity index is 1.87. The van der Waals surface area contributed by atoms with Crippen molar-refractivity contribution in [1.29, 1.82) is 0 Å². The highest BCUT2D eigenvalue weighted by Gasteiger charge is 2.73. The van der Waals surface area contributed by atoms with Crippen molar-refractivity contribution in [3.8, 4) is 0 Å². The van der Waals surface area contributed by atoms with Crippen LogP contribution in [0, 0.1) is 13.8 Å². The second-order valence-corrected chi connectivity index (χ2v) is 15.4. The molecule has 3 aromatic rings. The maximum Gasteiger partial charge on any atom is 0.435 e. The summed E-state index contributed by atoms with van der Waals surface area (Å²) in [5.41, 5.74) is -9.18. The van der Waals surface area contributed by atoms with Crippen LogP contribution in [0.3, 0.4) is 0 Å². The van der Waals surface area contributed by atoms with Crippen molar-refractivity contribution in [2.24, 2.45) is 0 Å². The molecule has 0 aromatic heterocycles. The predicted octanol–water partition coefficient (Wildman–Crippen LogP) is 8.83. The summed E-state index contributed by atoms with van der Waals surface area (Å²) < 4.78 is 111. The van der Waals surface area contributed by atoms with Crippen LogP contribution < -0.4 is 10.2 Å². The van der Waals surface area contributed by atoms with Crippen LogP contribution in [0.25, 0.3) is 0 Å². The summed E-state index contributed by atoms with van der Waals surface area (Å²) >= 11 is 0. The van der Waals surface area contributed by atoms with E-state index in [1.165, 1.54) is 41.3 Å². The van der Waals surface area contributed by atoms with E-state index in [-0.39, 0.29) is 40.0 Å². The molecule has 1 N–H and O–H groups in total. The summed E-state index contributed by atoms with van der Waals surface area (Å²) in [7, 11) is 0. The SMILES string of the molecule is Cc1cc(C(F)(C(F)(F)F)C(F)(F)F)cc(C)c1CC(=O)c1cccc(N(CCC(=O)OCC(NC(=O)OC(C)(C)C)C(=O)OC(C)(C)C)C(=O)c2ccccc2)c1. The maximum atomic E-state index is 14.8. The van der Waals surface area contributed by atoms with Crippen molar-refractivity contribution in [3.63, 3.8) is 0 Å². The fourth-order valence-electron chi connectivity index (χ4n) is 5.60. The van der Waals surface area contributed by atoms with E-state index in [0.29, 0.717) is 12.1 Å². The van der Waals surface area contributed by atoms with Gasteiger partial charge in [-0.2, -0.15) is 26.3 Å². The standard InChI is InChI=1S/C41H45F7N2O8/c1-24-19-28(39(42,40(43,44)45)41(46,47)48)20-25(2)30(24)22-32(51)27-15-12-16-29(21-27)50(34(53)26-13-10-9-11-14-26)18-17-33(52)56-23-31(35(54)57-37(3,4)5)49-36(55)58-38(6,7)8/h9-16,19-21,31H,17-18,22-23H2,1-8H3,(H,49,55). The molecule has 0 bridgehead atoms. The number of carbonyl (C=O) groups is 5. The van der Waals surface area contributed by atoms with Crippen LogP contribution >= 0.6 is 0 Å². The number of rotatable bonds is 13. The van der Waals surface area contributed by atoms with Crippen LogP contribution in [-0.4, -0.2) is 72.5 Å². The number of Topliss-reactive ketones (excluding diaryl/α,β-unsaturated/α-hetero) is 1. The topological polar surface area (TPSA) is 128 Å². The van der Waals surface area contributed by atoms with Crippen molar-refractivity contribution in [1.82, 2.24) is 5.32 Å². The van der Waals surface area contributed by atoms with Gasteiger partial charge in [0.2, 0.25) is 0 Å². The second-order valence-electron chi connectivity index (χ2n) is 15.4. The number of carbonyl (C=O) groups excluding carboxylic acids is 5. The number of halogens is 7. The molecule has 0 spiro atoms. The molecule has 1 atom stereocenters. The summed E-state index contributed by atoms with van der Waals surface area (Å²) in [4.78, 5) is 66.9. The molecule has 3 aromatic carbocycles. The van der Waals surface area contributed by atoms with Gasteiger partial charge in [0.25, 0.3) is 5.91 Å². The first-order chi connectivity index (χ1) is 26.5. The molecule has 0 aliphatic rings. The molecule has 0 saturated heterocycles. The first-order valence-electron chi connectivity index (χ1n) is 17.8. The van der Waals surface area contributed by atoms with E-state index < -0.39 is 90.0 Å². The lowest BCUT2D eigenvalue weighted by atomic mass is 9.87. The molecule has 0 heterocycles. The molecule has 58 heavy (non-hydrogen) atoms. The number of nitrogens with one attached hydrogen (secondary N) is 1. The van der Waals surface area contributed by atoms with Crippen molar-refractivity contribution in [3.05, 3.63) is 100 Å². The average molecular weight is 827 g/mol. The fraction of sp³-hybridized carbons (Fsp3) is 0.439. The van der Waals surface area contributed by atoms with Crippen LogP contribution in [0.15, 0.2) is 66.7 Å². The molecular formula is C41H45F7N2O8. The first-order valence-corrected chi connectivity index (χ1v) is 17.8. The number of hydrogen-bond acceptors (Lipinski definition) is 8. The van der Waals surface area contributed by atoms with Gasteiger partial charge in [-0.25, -0.2) is 14.0 Å². The molecule has 0 aliphatic carbocycles. The summed E-state index contributed by atoms with van der Waals surface area (Å²) in [6.45, 7) is 11.0. The Hall–Kier alpha value is -5.48. The summed E-state index contributed by atoms with van der Waals surface area (Å²) in [5.74, 6) is -3.04. The fourth-order valence-corrected chi connectivity index (χ4v) is 5.60. The Labute approximate surface area is 331 Å². The van der Waals surface area contributed by atoms with Gasteiger partial charge < -0.3 is 24.4 Å². The third kappa shape index (κ3) is 12.3. The minimum absolute atomic E-state index is 0.00680. The number of nitrogens with zero attached hydrogens (tertiary/aromatic N) is 1. The van der Waals surface area contributed by atoms with Gasteiger partial charge in [0.15, 0.2) is 11.8 Å². The number of ketones is 1. The third-order valence-electron chi connectivity index (χ3n) is 8.29. The van der Waals surface area contributed by atoms with E-state index in [1.807, 2.05) is 0 Å². The largest absolute Gasteiger partial charge is 0.463 e. The monoisotopic (exact) mass is 826 g/mol. The van der Waals surface area contributed by atoms with E-state index in [9.17, 15) is 54.7 Å². The number of hydrogen-bond donors (Lipinski definition) is 1. The van der Waals surface area contributed by atoms with E-state index >= 15 is 0 Å². The summed E-state index contributed by atoms with van der Waals surface area (Å²) in [6.07, 6.45) is -14.6. The number of alkyl carbamates (subject to hydrolysis) is 1. The van der Waals surface area contributed by atoms with Gasteiger partial charge in [0.05, 0.1) is 6.42 Å². The number of amides is 2. The lowest BCUT2D eigenvalue weighted by molar-refractivity contribution is -0.348. The molecular weight excluding hydrogens is 781 g/mol. The Morgan fingerprint density at radius 1 is 0.707 bits per heavy atom. The van der Waals surface area contributed by atoms with Crippen LogP contribution in [0.1, 0.15) is 90.9 Å². The van der Waals surface area contributed by atoms with Gasteiger partial charge in [0.1, 0.15) is 17.8 Å². The first kappa shape index (κ1) is 46.9. The van der Waals surface area contributed by atoms with Crippen LogP contribution in [0.4, 0.5) is 41.2 Å². The third-order valence-corrected chi connectivity index (χ3v) is 8.29. The highest BCUT2D eigenvalue weighted by molar-refractivity contribution is 6.07. The highest BCUT2D eigenvalue weighted by Crippen LogP contribution is 2.53. The van der Waals surface area contributed by atoms with Gasteiger partial charge >= 0.3 is 36.1 Å². The minimum atomic E-state index is -6.32. The van der Waals surface area contributed by atoms with Crippen LogP contribution in [0.2, 0.25) is 0 Å². The maximum absolute atomic E-state index is 14.8. The summed E-state index contributed by atoms with van der Waals surface area (Å²) in [6, 6.07) is 12.8. The molecule has 10 nitrogen and oxygen atoms in total. The Kier molecular flexibility index (Phi) is 14.5. The Bertz CT molecular complexity index is 1950. The quantitative estimate of drug-likeness (QED) is 0.0784. The minimum Gasteiger partial charge on any atom is -0.463 e. The number of anilines is 1. The predicted molar refractivity (Wildman–Crippen MR) is 198 cm³/mol. The normalized spacial score (nSPS) is 12.9. The second kappa shape index (κ2) is 18.0. The number of esters is 2. The summed E-state index contributed by atoms with van der Waals surface area (Å²) in [5, 5.41) is 2.33. The lowest BCUT2D eigenvalue weighted by Crippen LogP contribution is -2.50. The van der Waals surface area contributed by atoms with Crippen molar-refractivity contribution < 1.29 is 68.9 Å². The molecule has 0 fully saturated rings. The molecule has 0 aliphatic heterocycles. The molecule has 3 rings (SSSR count). The van der Waals surface area contributed by atoms with E-state index in [4.69, 9.17) is 14.2 Å². The number of aryl methyl sites for hydroxylation is 2. The van der Waals surface area contributed by atoms with Gasteiger partial charge in [0, 0.05) is 35.3 Å². The van der Waals surface area contributed by atoms with Crippen molar-refractivity contribution >= 4 is 35.4 Å². The average Bonchev–Trinajstić information content (AvgIpc) is 3.09. The number of alkyl halides is 7. The Morgan fingerprint density at radius 3 is 1.76 bits per heavy atom. The zero-order valence-corrected chi connectivity index (χ0v) is 33.1. The Morgan fingerprint density at radius 2 is 1.24 bits per heavy atom. The molecule has 316 valence electrons. The highest BCUT2D eigenvalue weighted by atomic mass is 19.4. The molecule has 17 heteroatoms. The molecule has 2 amide bonds. The molecule has 0 saturated carbocycles. The number of ether oxygens (including phenoxy) is 3. The van der Waals surface area contributed by atoms with Crippen LogP contribution in [-0.2, 0) is 35.9 Å². The molecule has 1 unspecified atom stereocenters. The van der Waals surface area contributed by atoms with Crippen molar-refractivity contribution in [2.45, 2.75) is 103 Å². The zero-order valence-electron chi connectivity index (χ0n) is 33.1. The van der Waals surface area contributed by atoms with E-state index in [0.717, 1.165) is 13.8 Å². The van der Waals surface area contributed by atoms with Gasteiger partial charge in [-0.3, -0.25) is 14.4 Å².